The van der Waals surface area contributed by atoms with Gasteiger partial charge in [0.05, 0.1) is 12.4 Å². The van der Waals surface area contributed by atoms with E-state index in [4.69, 9.17) is 11.5 Å². The third-order valence-corrected chi connectivity index (χ3v) is 6.12. The van der Waals surface area contributed by atoms with Gasteiger partial charge in [0, 0.05) is 48.3 Å². The number of primary amides is 1. The maximum absolute atomic E-state index is 13.2. The summed E-state index contributed by atoms with van der Waals surface area (Å²) in [5, 5.41) is 18.1. The number of rotatable bonds is 14. The first-order chi connectivity index (χ1) is 18.5. The van der Waals surface area contributed by atoms with Crippen LogP contribution in [0.2, 0.25) is 0 Å². The number of H-pyrrole nitrogens is 2. The number of benzene rings is 1. The molecule has 39 heavy (non-hydrogen) atoms. The largest absolute Gasteiger partial charge is 0.480 e. The number of carbonyl (C=O) groups is 5. The summed E-state index contributed by atoms with van der Waals surface area (Å²) in [6.45, 7) is 1.40. The fourth-order valence-corrected chi connectivity index (χ4v) is 3.93. The summed E-state index contributed by atoms with van der Waals surface area (Å²) in [7, 11) is 0. The quantitative estimate of drug-likeness (QED) is 0.124. The fourth-order valence-electron chi connectivity index (χ4n) is 3.93. The molecule has 4 amide bonds. The van der Waals surface area contributed by atoms with E-state index in [0.717, 1.165) is 10.9 Å². The van der Waals surface area contributed by atoms with Crippen molar-refractivity contribution in [3.63, 3.8) is 0 Å². The number of aromatic amines is 2. The molecule has 0 aliphatic carbocycles. The van der Waals surface area contributed by atoms with Crippen molar-refractivity contribution in [2.75, 3.05) is 0 Å². The summed E-state index contributed by atoms with van der Waals surface area (Å²) in [5.74, 6) is -3.96. The summed E-state index contributed by atoms with van der Waals surface area (Å²) in [6, 6.07) is 2.76. The van der Waals surface area contributed by atoms with E-state index in [2.05, 4.69) is 30.9 Å². The Morgan fingerprint density at radius 1 is 0.974 bits per heavy atom. The summed E-state index contributed by atoms with van der Waals surface area (Å²) in [4.78, 5) is 71.2. The van der Waals surface area contributed by atoms with E-state index in [-0.39, 0.29) is 25.7 Å². The Bertz CT molecular complexity index is 1320. The van der Waals surface area contributed by atoms with Crippen LogP contribution in [0.4, 0.5) is 0 Å². The number of nitrogens with zero attached hydrogens (tertiary/aromatic N) is 1. The Morgan fingerprint density at radius 3 is 2.36 bits per heavy atom. The van der Waals surface area contributed by atoms with Crippen LogP contribution >= 0.6 is 0 Å². The number of para-hydroxylation sites is 1. The molecule has 0 fully saturated rings. The number of aliphatic carboxylic acids is 1. The highest BCUT2D eigenvalue weighted by Crippen LogP contribution is 2.19. The average Bonchev–Trinajstić information content (AvgIpc) is 3.56. The van der Waals surface area contributed by atoms with E-state index in [1.807, 2.05) is 24.3 Å². The minimum atomic E-state index is -1.28. The van der Waals surface area contributed by atoms with Crippen LogP contribution in [0.5, 0.6) is 0 Å². The molecule has 0 aliphatic rings. The SMILES string of the molecule is CC(NC(=O)C(N)CCC(N)=O)C(=O)NC(Cc1cnc[nH]1)C(=O)NC(Cc1c[nH]c2ccccc12)C(=O)O. The van der Waals surface area contributed by atoms with Crippen LogP contribution in [0.1, 0.15) is 31.0 Å². The Morgan fingerprint density at radius 2 is 1.69 bits per heavy atom. The minimum Gasteiger partial charge on any atom is -0.480 e. The second-order valence-corrected chi connectivity index (χ2v) is 9.15. The molecular weight excluding hydrogens is 508 g/mol. The van der Waals surface area contributed by atoms with Crippen molar-refractivity contribution in [3.05, 3.63) is 54.2 Å². The second kappa shape index (κ2) is 13.2. The van der Waals surface area contributed by atoms with Crippen molar-refractivity contribution in [1.82, 2.24) is 30.9 Å². The number of imidazole rings is 1. The van der Waals surface area contributed by atoms with Gasteiger partial charge >= 0.3 is 5.97 Å². The van der Waals surface area contributed by atoms with E-state index >= 15 is 0 Å². The van der Waals surface area contributed by atoms with Crippen LogP contribution in [-0.2, 0) is 36.8 Å². The molecule has 4 unspecified atom stereocenters. The maximum Gasteiger partial charge on any atom is 0.326 e. The standard InChI is InChI=1S/C25H32N8O6/c1-13(31-23(36)17(26)6-7-21(27)34)22(35)32-19(9-15-11-28-12-30-15)24(37)33-20(25(38)39)8-14-10-29-18-5-3-2-4-16(14)18/h2-5,10-13,17,19-20,29H,6-9,26H2,1H3,(H2,27,34)(H,28,30)(H,31,36)(H,32,35)(H,33,37)(H,38,39). The molecule has 3 rings (SSSR count). The van der Waals surface area contributed by atoms with Crippen LogP contribution in [-0.4, -0.2) is 73.8 Å². The molecule has 14 nitrogen and oxygen atoms in total. The zero-order valence-corrected chi connectivity index (χ0v) is 21.3. The number of nitrogens with two attached hydrogens (primary N) is 2. The molecule has 0 bridgehead atoms. The molecular formula is C25H32N8O6. The lowest BCUT2D eigenvalue weighted by atomic mass is 10.0. The molecule has 2 aromatic heterocycles. The van der Waals surface area contributed by atoms with Crippen LogP contribution in [0.3, 0.4) is 0 Å². The van der Waals surface area contributed by atoms with Gasteiger partial charge in [0.2, 0.25) is 23.6 Å². The summed E-state index contributed by atoms with van der Waals surface area (Å²) < 4.78 is 0. The first-order valence-corrected chi connectivity index (χ1v) is 12.2. The van der Waals surface area contributed by atoms with Gasteiger partial charge in [-0.2, -0.15) is 0 Å². The molecule has 3 aromatic rings. The molecule has 0 aliphatic heterocycles. The molecule has 2 heterocycles. The predicted molar refractivity (Wildman–Crippen MR) is 140 cm³/mol. The van der Waals surface area contributed by atoms with Gasteiger partial charge in [-0.15, -0.1) is 0 Å². The van der Waals surface area contributed by atoms with Gasteiger partial charge in [-0.05, 0) is 25.0 Å². The predicted octanol–water partition coefficient (Wildman–Crippen LogP) is -1.17. The maximum atomic E-state index is 13.2. The highest BCUT2D eigenvalue weighted by Gasteiger charge is 2.30. The third-order valence-electron chi connectivity index (χ3n) is 6.12. The normalized spacial score (nSPS) is 14.1. The molecule has 4 atom stereocenters. The number of amides is 4. The average molecular weight is 541 g/mol. The monoisotopic (exact) mass is 540 g/mol. The first kappa shape index (κ1) is 28.8. The van der Waals surface area contributed by atoms with Crippen molar-refractivity contribution in [3.8, 4) is 0 Å². The Hall–Kier alpha value is -4.72. The van der Waals surface area contributed by atoms with Crippen LogP contribution in [0.25, 0.3) is 10.9 Å². The summed E-state index contributed by atoms with van der Waals surface area (Å²) in [6.07, 6.45) is 4.46. The number of fused-ring (bicyclic) bond motifs is 1. The molecule has 0 saturated carbocycles. The van der Waals surface area contributed by atoms with Gasteiger partial charge in [-0.25, -0.2) is 9.78 Å². The minimum absolute atomic E-state index is 0.00542. The Balaban J connectivity index is 1.69. The Labute approximate surface area is 223 Å². The van der Waals surface area contributed by atoms with E-state index in [0.29, 0.717) is 11.3 Å². The van der Waals surface area contributed by atoms with Crippen LogP contribution in [0.15, 0.2) is 43.0 Å². The van der Waals surface area contributed by atoms with E-state index < -0.39 is 53.8 Å². The lowest BCUT2D eigenvalue weighted by Gasteiger charge is -2.23. The molecule has 0 saturated heterocycles. The molecule has 208 valence electrons. The zero-order chi connectivity index (χ0) is 28.5. The van der Waals surface area contributed by atoms with E-state index in [1.165, 1.54) is 19.4 Å². The number of nitrogens with one attached hydrogen (secondary N) is 5. The molecule has 0 radical (unpaired) electrons. The van der Waals surface area contributed by atoms with Gasteiger partial charge in [-0.1, -0.05) is 18.2 Å². The van der Waals surface area contributed by atoms with Gasteiger partial charge in [0.25, 0.3) is 0 Å². The van der Waals surface area contributed by atoms with Gasteiger partial charge in [-0.3, -0.25) is 19.2 Å². The number of aromatic nitrogens is 3. The second-order valence-electron chi connectivity index (χ2n) is 9.15. The lowest BCUT2D eigenvalue weighted by molar-refractivity contribution is -0.142. The van der Waals surface area contributed by atoms with Gasteiger partial charge in [0.15, 0.2) is 0 Å². The highest BCUT2D eigenvalue weighted by molar-refractivity contribution is 5.94. The Kier molecular flexibility index (Phi) is 9.75. The van der Waals surface area contributed by atoms with Crippen molar-refractivity contribution in [1.29, 1.82) is 0 Å². The number of carboxylic acids is 1. The zero-order valence-electron chi connectivity index (χ0n) is 21.3. The number of hydrogen-bond donors (Lipinski definition) is 8. The fraction of sp³-hybridized carbons (Fsp3) is 0.360. The number of carboxylic acid groups (broad SMARTS) is 1. The topological polar surface area (TPSA) is 238 Å². The molecule has 0 spiro atoms. The molecule has 14 heteroatoms. The number of hydrogen-bond acceptors (Lipinski definition) is 7. The molecule has 10 N–H and O–H groups in total. The van der Waals surface area contributed by atoms with E-state index in [9.17, 15) is 29.1 Å². The van der Waals surface area contributed by atoms with E-state index in [1.54, 1.807) is 6.20 Å². The van der Waals surface area contributed by atoms with Crippen molar-refractivity contribution in [2.24, 2.45) is 11.5 Å². The smallest absolute Gasteiger partial charge is 0.326 e. The highest BCUT2D eigenvalue weighted by atomic mass is 16.4. The summed E-state index contributed by atoms with van der Waals surface area (Å²) >= 11 is 0. The van der Waals surface area contributed by atoms with Crippen molar-refractivity contribution in [2.45, 2.75) is 56.8 Å². The number of carbonyl (C=O) groups excluding carboxylic acids is 4. The van der Waals surface area contributed by atoms with Crippen LogP contribution < -0.4 is 27.4 Å². The third kappa shape index (κ3) is 8.13. The van der Waals surface area contributed by atoms with Crippen LogP contribution in [0, 0.1) is 0 Å². The van der Waals surface area contributed by atoms with Gasteiger partial charge in [0.1, 0.15) is 18.1 Å². The lowest BCUT2D eigenvalue weighted by Crippen LogP contribution is -2.57. The first-order valence-electron chi connectivity index (χ1n) is 12.2. The summed E-state index contributed by atoms with van der Waals surface area (Å²) in [5.41, 5.74) is 12.9. The molecule has 1 aromatic carbocycles. The van der Waals surface area contributed by atoms with Gasteiger partial charge < -0.3 is 42.5 Å². The van der Waals surface area contributed by atoms with Crippen molar-refractivity contribution < 1.29 is 29.1 Å². The van der Waals surface area contributed by atoms with Crippen molar-refractivity contribution >= 4 is 40.5 Å².